The maximum absolute atomic E-state index is 12.5. The first-order valence-corrected chi connectivity index (χ1v) is 8.84. The van der Waals surface area contributed by atoms with Crippen LogP contribution in [0.3, 0.4) is 0 Å². The van der Waals surface area contributed by atoms with Gasteiger partial charge in [0.05, 0.1) is 10.0 Å². The van der Waals surface area contributed by atoms with Crippen molar-refractivity contribution in [3.63, 3.8) is 0 Å². The van der Waals surface area contributed by atoms with Crippen molar-refractivity contribution < 1.29 is 9.53 Å². The third-order valence-corrected chi connectivity index (χ3v) is 4.23. The second kappa shape index (κ2) is 9.27. The summed E-state index contributed by atoms with van der Waals surface area (Å²) in [6.07, 6.45) is 3.00. The minimum Gasteiger partial charge on any atom is -0.486 e. The van der Waals surface area contributed by atoms with Crippen molar-refractivity contribution in [1.82, 2.24) is 0 Å². The van der Waals surface area contributed by atoms with Crippen LogP contribution in [0.25, 0.3) is 6.08 Å². The molecule has 2 aromatic carbocycles. The number of nitrogens with one attached hydrogen (secondary N) is 1. The molecule has 0 atom stereocenters. The molecule has 0 spiro atoms. The zero-order chi connectivity index (χ0) is 20.0. The van der Waals surface area contributed by atoms with Crippen LogP contribution in [0, 0.1) is 25.2 Å². The zero-order valence-electron chi connectivity index (χ0n) is 15.0. The van der Waals surface area contributed by atoms with E-state index in [0.29, 0.717) is 17.0 Å². The predicted molar refractivity (Wildman–Crippen MR) is 110 cm³/mol. The van der Waals surface area contributed by atoms with Gasteiger partial charge in [0.1, 0.15) is 18.2 Å². The maximum Gasteiger partial charge on any atom is 0.266 e. The third kappa shape index (κ3) is 5.37. The SMILES string of the molecule is C=CCOc1c(Cl)cc(/C=C(\C#N)C(=O)Nc2ccc(C)cc2C)cc1Cl. The lowest BCUT2D eigenvalue weighted by Gasteiger charge is -2.10. The van der Waals surface area contributed by atoms with Crippen molar-refractivity contribution in [3.05, 3.63) is 75.3 Å². The van der Waals surface area contributed by atoms with Gasteiger partial charge in [0.15, 0.2) is 5.75 Å². The molecule has 0 aliphatic heterocycles. The number of hydrogen-bond acceptors (Lipinski definition) is 3. The van der Waals surface area contributed by atoms with E-state index in [9.17, 15) is 10.1 Å². The summed E-state index contributed by atoms with van der Waals surface area (Å²) >= 11 is 12.4. The Balaban J connectivity index is 2.28. The highest BCUT2D eigenvalue weighted by atomic mass is 35.5. The average Bonchev–Trinajstić information content (AvgIpc) is 2.61. The number of anilines is 1. The van der Waals surface area contributed by atoms with E-state index in [0.717, 1.165) is 11.1 Å². The highest BCUT2D eigenvalue weighted by molar-refractivity contribution is 6.37. The van der Waals surface area contributed by atoms with E-state index in [1.807, 2.05) is 32.0 Å². The van der Waals surface area contributed by atoms with Gasteiger partial charge in [-0.05, 0) is 49.2 Å². The second-order valence-corrected chi connectivity index (χ2v) is 6.67. The Hall–Kier alpha value is -2.74. The number of halogens is 2. The molecular weight excluding hydrogens is 383 g/mol. The molecule has 0 radical (unpaired) electrons. The van der Waals surface area contributed by atoms with E-state index in [-0.39, 0.29) is 22.2 Å². The van der Waals surface area contributed by atoms with Crippen LogP contribution in [0.1, 0.15) is 16.7 Å². The monoisotopic (exact) mass is 400 g/mol. The number of hydrogen-bond donors (Lipinski definition) is 1. The summed E-state index contributed by atoms with van der Waals surface area (Å²) in [6, 6.07) is 10.7. The molecule has 0 bridgehead atoms. The number of nitriles is 1. The van der Waals surface area contributed by atoms with Gasteiger partial charge >= 0.3 is 0 Å². The molecular formula is C21H18Cl2N2O2. The second-order valence-electron chi connectivity index (χ2n) is 5.86. The Bertz CT molecular complexity index is 936. The maximum atomic E-state index is 12.5. The van der Waals surface area contributed by atoms with Crippen molar-refractivity contribution in [2.24, 2.45) is 0 Å². The van der Waals surface area contributed by atoms with Crippen LogP contribution in [0.5, 0.6) is 5.75 Å². The highest BCUT2D eigenvalue weighted by Crippen LogP contribution is 2.35. The largest absolute Gasteiger partial charge is 0.486 e. The van der Waals surface area contributed by atoms with Crippen molar-refractivity contribution in [2.75, 3.05) is 11.9 Å². The quantitative estimate of drug-likeness (QED) is 0.383. The van der Waals surface area contributed by atoms with Crippen LogP contribution < -0.4 is 10.1 Å². The summed E-state index contributed by atoms with van der Waals surface area (Å²) in [5.74, 6) is -0.183. The summed E-state index contributed by atoms with van der Waals surface area (Å²) in [7, 11) is 0. The fourth-order valence-corrected chi connectivity index (χ4v) is 3.01. The molecule has 0 saturated heterocycles. The standard InChI is InChI=1S/C21H18Cl2N2O2/c1-4-7-27-20-17(22)10-15(11-18(20)23)9-16(12-24)21(26)25-19-6-5-13(2)8-14(19)3/h4-6,8-11H,1,7H2,2-3H3,(H,25,26)/b16-9+. The minimum absolute atomic E-state index is 0.0677. The average molecular weight is 401 g/mol. The van der Waals surface area contributed by atoms with E-state index < -0.39 is 5.91 Å². The molecule has 27 heavy (non-hydrogen) atoms. The van der Waals surface area contributed by atoms with Gasteiger partial charge in [0, 0.05) is 5.69 Å². The molecule has 0 aromatic heterocycles. The minimum atomic E-state index is -0.510. The van der Waals surface area contributed by atoms with Gasteiger partial charge in [-0.3, -0.25) is 4.79 Å². The molecule has 0 unspecified atom stereocenters. The lowest BCUT2D eigenvalue weighted by Crippen LogP contribution is -2.14. The van der Waals surface area contributed by atoms with Gasteiger partial charge in [-0.2, -0.15) is 5.26 Å². The Morgan fingerprint density at radius 2 is 1.93 bits per heavy atom. The third-order valence-electron chi connectivity index (χ3n) is 3.67. The predicted octanol–water partition coefficient (Wildman–Crippen LogP) is 5.72. The van der Waals surface area contributed by atoms with Gasteiger partial charge in [0.2, 0.25) is 0 Å². The normalized spacial score (nSPS) is 10.9. The Kier molecular flexibility index (Phi) is 7.06. The molecule has 6 heteroatoms. The summed E-state index contributed by atoms with van der Waals surface area (Å²) in [4.78, 5) is 12.5. The molecule has 2 rings (SSSR count). The molecule has 4 nitrogen and oxygen atoms in total. The van der Waals surface area contributed by atoms with Crippen molar-refractivity contribution >= 4 is 40.9 Å². The van der Waals surface area contributed by atoms with Crippen LogP contribution in [0.2, 0.25) is 10.0 Å². The smallest absolute Gasteiger partial charge is 0.266 e. The molecule has 0 aliphatic rings. The van der Waals surface area contributed by atoms with Crippen molar-refractivity contribution in [1.29, 1.82) is 5.26 Å². The number of ether oxygens (including phenoxy) is 1. The number of carbonyl (C=O) groups is 1. The molecule has 0 saturated carbocycles. The molecule has 0 aliphatic carbocycles. The van der Waals surface area contributed by atoms with Crippen LogP contribution in [-0.2, 0) is 4.79 Å². The summed E-state index contributed by atoms with van der Waals surface area (Å²) in [5, 5.41) is 12.7. The Morgan fingerprint density at radius 1 is 1.26 bits per heavy atom. The Morgan fingerprint density at radius 3 is 2.48 bits per heavy atom. The summed E-state index contributed by atoms with van der Waals surface area (Å²) < 4.78 is 5.41. The molecule has 0 fully saturated rings. The first-order valence-electron chi connectivity index (χ1n) is 8.09. The Labute approximate surface area is 168 Å². The summed E-state index contributed by atoms with van der Waals surface area (Å²) in [5.41, 5.74) is 3.10. The van der Waals surface area contributed by atoms with Crippen molar-refractivity contribution in [3.8, 4) is 11.8 Å². The van der Waals surface area contributed by atoms with Crippen LogP contribution >= 0.6 is 23.2 Å². The number of nitrogens with zero attached hydrogens (tertiary/aromatic N) is 1. The van der Waals surface area contributed by atoms with Gasteiger partial charge in [-0.15, -0.1) is 0 Å². The molecule has 2 aromatic rings. The molecule has 138 valence electrons. The highest BCUT2D eigenvalue weighted by Gasteiger charge is 2.13. The van der Waals surface area contributed by atoms with E-state index in [4.69, 9.17) is 27.9 Å². The van der Waals surface area contributed by atoms with Gasteiger partial charge in [0.25, 0.3) is 5.91 Å². The lowest BCUT2D eigenvalue weighted by atomic mass is 10.1. The van der Waals surface area contributed by atoms with Crippen LogP contribution in [-0.4, -0.2) is 12.5 Å². The van der Waals surface area contributed by atoms with Gasteiger partial charge in [-0.1, -0.05) is 53.6 Å². The number of aryl methyl sites for hydroxylation is 2. The number of carbonyl (C=O) groups excluding carboxylic acids is 1. The first-order chi connectivity index (χ1) is 12.8. The van der Waals surface area contributed by atoms with E-state index in [2.05, 4.69) is 11.9 Å². The molecule has 1 N–H and O–H groups in total. The van der Waals surface area contributed by atoms with Crippen LogP contribution in [0.4, 0.5) is 5.69 Å². The lowest BCUT2D eigenvalue weighted by molar-refractivity contribution is -0.112. The fraction of sp³-hybridized carbons (Fsp3) is 0.143. The van der Waals surface area contributed by atoms with E-state index in [1.165, 1.54) is 6.08 Å². The fourth-order valence-electron chi connectivity index (χ4n) is 2.40. The molecule has 1 amide bonds. The number of amides is 1. The topological polar surface area (TPSA) is 62.1 Å². The number of rotatable bonds is 6. The van der Waals surface area contributed by atoms with Crippen molar-refractivity contribution in [2.45, 2.75) is 13.8 Å². The van der Waals surface area contributed by atoms with Gasteiger partial charge < -0.3 is 10.1 Å². The first kappa shape index (κ1) is 20.6. The van der Waals surface area contributed by atoms with E-state index in [1.54, 1.807) is 24.3 Å². The molecule has 0 heterocycles. The zero-order valence-corrected chi connectivity index (χ0v) is 16.5. The van der Waals surface area contributed by atoms with E-state index >= 15 is 0 Å². The number of benzene rings is 2. The summed E-state index contributed by atoms with van der Waals surface area (Å²) in [6.45, 7) is 7.68. The van der Waals surface area contributed by atoms with Gasteiger partial charge in [-0.25, -0.2) is 0 Å². The van der Waals surface area contributed by atoms with Crippen LogP contribution in [0.15, 0.2) is 48.6 Å².